The van der Waals surface area contributed by atoms with Crippen LogP contribution in [-0.4, -0.2) is 6.54 Å². The van der Waals surface area contributed by atoms with Gasteiger partial charge in [0.1, 0.15) is 0 Å². The van der Waals surface area contributed by atoms with Crippen LogP contribution >= 0.6 is 15.9 Å². The molecule has 0 aliphatic carbocycles. The minimum atomic E-state index is 0.478. The zero-order chi connectivity index (χ0) is 12.8. The second-order valence-corrected chi connectivity index (χ2v) is 5.84. The third-order valence-corrected chi connectivity index (χ3v) is 3.71. The molecule has 1 nitrogen and oxygen atoms in total. The van der Waals surface area contributed by atoms with Gasteiger partial charge in [-0.05, 0) is 49.1 Å². The fraction of sp³-hybridized carbons (Fsp3) is 0.600. The predicted molar refractivity (Wildman–Crippen MR) is 79.4 cm³/mol. The molecule has 0 amide bonds. The highest BCUT2D eigenvalue weighted by atomic mass is 79.9. The summed E-state index contributed by atoms with van der Waals surface area (Å²) in [5.74, 6) is 0.762. The molecular formula is C15H24BrN. The first-order valence-corrected chi connectivity index (χ1v) is 7.36. The summed E-state index contributed by atoms with van der Waals surface area (Å²) in [5.41, 5.74) is 2.72. The molecule has 1 rings (SSSR count). The highest BCUT2D eigenvalue weighted by Gasteiger charge is 2.14. The van der Waals surface area contributed by atoms with Crippen molar-refractivity contribution >= 4 is 15.9 Å². The number of hydrogen-bond donors (Lipinski definition) is 1. The van der Waals surface area contributed by atoms with Crippen LogP contribution in [0.5, 0.6) is 0 Å². The van der Waals surface area contributed by atoms with E-state index in [2.05, 4.69) is 67.1 Å². The average molecular weight is 298 g/mol. The van der Waals surface area contributed by atoms with Crippen molar-refractivity contribution in [1.29, 1.82) is 0 Å². The standard InChI is InChI=1S/C15H24BrN/c1-5-11(3)9-15(17-6-2)13-7-12(4)8-14(16)10-13/h7-8,10-11,15,17H,5-6,9H2,1-4H3. The van der Waals surface area contributed by atoms with E-state index in [1.165, 1.54) is 28.4 Å². The van der Waals surface area contributed by atoms with Crippen LogP contribution < -0.4 is 5.32 Å². The molecule has 1 aromatic carbocycles. The van der Waals surface area contributed by atoms with E-state index in [1.807, 2.05) is 0 Å². The lowest BCUT2D eigenvalue weighted by atomic mass is 9.93. The van der Waals surface area contributed by atoms with Gasteiger partial charge in [-0.25, -0.2) is 0 Å². The predicted octanol–water partition coefficient (Wildman–Crippen LogP) is 4.84. The van der Waals surface area contributed by atoms with Gasteiger partial charge < -0.3 is 5.32 Å². The molecule has 2 unspecified atom stereocenters. The Morgan fingerprint density at radius 3 is 2.47 bits per heavy atom. The Bertz CT molecular complexity index is 329. The molecule has 0 saturated heterocycles. The van der Waals surface area contributed by atoms with Gasteiger partial charge in [-0.3, -0.25) is 0 Å². The lowest BCUT2D eigenvalue weighted by Crippen LogP contribution is -2.23. The van der Waals surface area contributed by atoms with Crippen LogP contribution in [0.15, 0.2) is 22.7 Å². The van der Waals surface area contributed by atoms with E-state index in [0.717, 1.165) is 12.5 Å². The molecule has 0 heterocycles. The van der Waals surface area contributed by atoms with E-state index in [-0.39, 0.29) is 0 Å². The molecule has 1 N–H and O–H groups in total. The third-order valence-electron chi connectivity index (χ3n) is 3.25. The number of hydrogen-bond acceptors (Lipinski definition) is 1. The Morgan fingerprint density at radius 1 is 1.24 bits per heavy atom. The van der Waals surface area contributed by atoms with Gasteiger partial charge in [0.2, 0.25) is 0 Å². The summed E-state index contributed by atoms with van der Waals surface area (Å²) in [4.78, 5) is 0. The maximum Gasteiger partial charge on any atom is 0.0323 e. The van der Waals surface area contributed by atoms with Crippen molar-refractivity contribution in [2.45, 2.75) is 46.6 Å². The fourth-order valence-electron chi connectivity index (χ4n) is 2.12. The molecule has 0 bridgehead atoms. The van der Waals surface area contributed by atoms with Gasteiger partial charge in [0.25, 0.3) is 0 Å². The molecule has 2 atom stereocenters. The van der Waals surface area contributed by atoms with Crippen molar-refractivity contribution in [1.82, 2.24) is 5.32 Å². The summed E-state index contributed by atoms with van der Waals surface area (Å²) in [5, 5.41) is 3.60. The van der Waals surface area contributed by atoms with Crippen molar-refractivity contribution in [2.75, 3.05) is 6.54 Å². The Kier molecular flexibility index (Phi) is 6.21. The first-order chi connectivity index (χ1) is 8.06. The highest BCUT2D eigenvalue weighted by molar-refractivity contribution is 9.10. The molecule has 0 radical (unpaired) electrons. The monoisotopic (exact) mass is 297 g/mol. The van der Waals surface area contributed by atoms with Crippen molar-refractivity contribution in [3.05, 3.63) is 33.8 Å². The van der Waals surface area contributed by atoms with E-state index in [1.54, 1.807) is 0 Å². The van der Waals surface area contributed by atoms with E-state index in [4.69, 9.17) is 0 Å². The highest BCUT2D eigenvalue weighted by Crippen LogP contribution is 2.26. The number of aryl methyl sites for hydroxylation is 1. The van der Waals surface area contributed by atoms with Gasteiger partial charge in [-0.2, -0.15) is 0 Å². The van der Waals surface area contributed by atoms with Gasteiger partial charge in [0.05, 0.1) is 0 Å². The summed E-state index contributed by atoms with van der Waals surface area (Å²) in [6, 6.07) is 7.17. The normalized spacial score (nSPS) is 14.6. The summed E-state index contributed by atoms with van der Waals surface area (Å²) in [6.45, 7) is 9.94. The van der Waals surface area contributed by atoms with Crippen LogP contribution in [0.2, 0.25) is 0 Å². The van der Waals surface area contributed by atoms with Gasteiger partial charge in [0, 0.05) is 10.5 Å². The number of halogens is 1. The molecule has 0 aliphatic heterocycles. The van der Waals surface area contributed by atoms with E-state index in [9.17, 15) is 0 Å². The molecule has 0 saturated carbocycles. The molecular weight excluding hydrogens is 274 g/mol. The summed E-state index contributed by atoms with van der Waals surface area (Å²) < 4.78 is 1.18. The summed E-state index contributed by atoms with van der Waals surface area (Å²) in [6.07, 6.45) is 2.45. The number of rotatable bonds is 6. The minimum absolute atomic E-state index is 0.478. The van der Waals surface area contributed by atoms with Gasteiger partial charge in [-0.15, -0.1) is 0 Å². The Labute approximate surface area is 114 Å². The van der Waals surface area contributed by atoms with Crippen LogP contribution in [0.3, 0.4) is 0 Å². The van der Waals surface area contributed by atoms with Gasteiger partial charge in [-0.1, -0.05) is 49.2 Å². The maximum atomic E-state index is 3.60. The summed E-state index contributed by atoms with van der Waals surface area (Å²) >= 11 is 3.59. The molecule has 96 valence electrons. The van der Waals surface area contributed by atoms with Crippen LogP contribution in [0, 0.1) is 12.8 Å². The van der Waals surface area contributed by atoms with Crippen molar-refractivity contribution in [3.63, 3.8) is 0 Å². The third kappa shape index (κ3) is 4.81. The molecule has 17 heavy (non-hydrogen) atoms. The van der Waals surface area contributed by atoms with E-state index in [0.29, 0.717) is 6.04 Å². The molecule has 0 aromatic heterocycles. The Hall–Kier alpha value is -0.340. The first kappa shape index (κ1) is 14.7. The minimum Gasteiger partial charge on any atom is -0.310 e. The Morgan fingerprint density at radius 2 is 1.94 bits per heavy atom. The zero-order valence-electron chi connectivity index (χ0n) is 11.4. The molecule has 1 aromatic rings. The van der Waals surface area contributed by atoms with Crippen molar-refractivity contribution in [2.24, 2.45) is 5.92 Å². The zero-order valence-corrected chi connectivity index (χ0v) is 13.0. The van der Waals surface area contributed by atoms with Crippen LogP contribution in [0.1, 0.15) is 50.8 Å². The van der Waals surface area contributed by atoms with Crippen molar-refractivity contribution in [3.8, 4) is 0 Å². The van der Waals surface area contributed by atoms with Crippen LogP contribution in [0.4, 0.5) is 0 Å². The van der Waals surface area contributed by atoms with Crippen molar-refractivity contribution < 1.29 is 0 Å². The largest absolute Gasteiger partial charge is 0.310 e. The lowest BCUT2D eigenvalue weighted by molar-refractivity contribution is 0.408. The van der Waals surface area contributed by atoms with Crippen LogP contribution in [0.25, 0.3) is 0 Å². The molecule has 0 aliphatic rings. The maximum absolute atomic E-state index is 3.60. The number of benzene rings is 1. The first-order valence-electron chi connectivity index (χ1n) is 6.57. The SMILES string of the molecule is CCNC(CC(C)CC)c1cc(C)cc(Br)c1. The molecule has 2 heteroatoms. The van der Waals surface area contributed by atoms with Gasteiger partial charge in [0.15, 0.2) is 0 Å². The molecule has 0 spiro atoms. The lowest BCUT2D eigenvalue weighted by Gasteiger charge is -2.22. The topological polar surface area (TPSA) is 12.0 Å². The Balaban J connectivity index is 2.88. The van der Waals surface area contributed by atoms with E-state index < -0.39 is 0 Å². The quantitative estimate of drug-likeness (QED) is 0.792. The van der Waals surface area contributed by atoms with Gasteiger partial charge >= 0.3 is 0 Å². The summed E-state index contributed by atoms with van der Waals surface area (Å²) in [7, 11) is 0. The smallest absolute Gasteiger partial charge is 0.0323 e. The fourth-order valence-corrected chi connectivity index (χ4v) is 2.74. The second-order valence-electron chi connectivity index (χ2n) is 4.92. The average Bonchev–Trinajstić information content (AvgIpc) is 2.27. The molecule has 0 fully saturated rings. The second kappa shape index (κ2) is 7.17. The van der Waals surface area contributed by atoms with Crippen LogP contribution in [-0.2, 0) is 0 Å². The number of nitrogens with one attached hydrogen (secondary N) is 1. The van der Waals surface area contributed by atoms with E-state index >= 15 is 0 Å².